The van der Waals surface area contributed by atoms with Gasteiger partial charge >= 0.3 is 0 Å². The van der Waals surface area contributed by atoms with E-state index in [1.165, 1.54) is 48.4 Å². The zero-order chi connectivity index (χ0) is 14.7. The SMILES string of the molecule is CCC1CCC(C(NN)c2cccc3ccncc23)CC1. The maximum absolute atomic E-state index is 5.92. The third-order valence-corrected chi connectivity index (χ3v) is 5.17. The molecular weight excluding hydrogens is 258 g/mol. The topological polar surface area (TPSA) is 50.9 Å². The summed E-state index contributed by atoms with van der Waals surface area (Å²) in [6.45, 7) is 2.31. The Balaban J connectivity index is 1.88. The Morgan fingerprint density at radius 2 is 2.05 bits per heavy atom. The van der Waals surface area contributed by atoms with Crippen LogP contribution in [0.15, 0.2) is 36.7 Å². The van der Waals surface area contributed by atoms with Crippen molar-refractivity contribution in [2.24, 2.45) is 17.7 Å². The molecule has 3 N–H and O–H groups in total. The first kappa shape index (κ1) is 14.5. The molecule has 1 aromatic carbocycles. The lowest BCUT2D eigenvalue weighted by Crippen LogP contribution is -2.35. The van der Waals surface area contributed by atoms with Crippen molar-refractivity contribution in [1.82, 2.24) is 10.4 Å². The number of pyridine rings is 1. The largest absolute Gasteiger partial charge is 0.271 e. The number of hydrazine groups is 1. The maximum Gasteiger partial charge on any atom is 0.0494 e. The van der Waals surface area contributed by atoms with Crippen molar-refractivity contribution >= 4 is 10.8 Å². The number of hydrogen-bond acceptors (Lipinski definition) is 3. The van der Waals surface area contributed by atoms with Crippen molar-refractivity contribution in [3.05, 3.63) is 42.2 Å². The zero-order valence-corrected chi connectivity index (χ0v) is 12.8. The minimum absolute atomic E-state index is 0.232. The quantitative estimate of drug-likeness (QED) is 0.659. The van der Waals surface area contributed by atoms with Gasteiger partial charge in [0, 0.05) is 23.8 Å². The van der Waals surface area contributed by atoms with Gasteiger partial charge in [-0.05, 0) is 41.7 Å². The first-order valence-corrected chi connectivity index (χ1v) is 8.12. The van der Waals surface area contributed by atoms with E-state index in [0.717, 1.165) is 5.92 Å². The highest BCUT2D eigenvalue weighted by Gasteiger charge is 2.28. The fourth-order valence-corrected chi connectivity index (χ4v) is 3.82. The Bertz CT molecular complexity index is 583. The summed E-state index contributed by atoms with van der Waals surface area (Å²) in [7, 11) is 0. The van der Waals surface area contributed by atoms with E-state index in [0.29, 0.717) is 5.92 Å². The molecule has 3 rings (SSSR count). The van der Waals surface area contributed by atoms with Crippen LogP contribution < -0.4 is 11.3 Å². The highest BCUT2D eigenvalue weighted by atomic mass is 15.2. The molecule has 1 atom stereocenters. The number of benzene rings is 1. The van der Waals surface area contributed by atoms with Crippen LogP contribution in [-0.4, -0.2) is 4.98 Å². The summed E-state index contributed by atoms with van der Waals surface area (Å²) >= 11 is 0. The van der Waals surface area contributed by atoms with Crippen LogP contribution in [0.1, 0.15) is 50.6 Å². The smallest absolute Gasteiger partial charge is 0.0494 e. The molecule has 112 valence electrons. The molecule has 1 fully saturated rings. The molecule has 1 saturated carbocycles. The van der Waals surface area contributed by atoms with E-state index in [4.69, 9.17) is 5.84 Å². The minimum Gasteiger partial charge on any atom is -0.271 e. The van der Waals surface area contributed by atoms with E-state index in [9.17, 15) is 0 Å². The summed E-state index contributed by atoms with van der Waals surface area (Å²) in [4.78, 5) is 4.29. The standard InChI is InChI=1S/C18H25N3/c1-2-13-6-8-15(9-7-13)18(21-19)16-5-3-4-14-10-11-20-12-17(14)16/h3-5,10-13,15,18,21H,2,6-9,19H2,1H3. The fourth-order valence-electron chi connectivity index (χ4n) is 3.82. The Morgan fingerprint density at radius 1 is 1.24 bits per heavy atom. The number of nitrogens with one attached hydrogen (secondary N) is 1. The van der Waals surface area contributed by atoms with Crippen molar-refractivity contribution in [2.75, 3.05) is 0 Å². The van der Waals surface area contributed by atoms with Crippen molar-refractivity contribution in [2.45, 2.75) is 45.1 Å². The molecule has 1 aromatic heterocycles. The number of nitrogens with two attached hydrogens (primary N) is 1. The summed E-state index contributed by atoms with van der Waals surface area (Å²) in [5.74, 6) is 7.46. The van der Waals surface area contributed by atoms with Crippen molar-refractivity contribution in [3.63, 3.8) is 0 Å². The molecule has 0 bridgehead atoms. The average Bonchev–Trinajstić information content (AvgIpc) is 2.56. The lowest BCUT2D eigenvalue weighted by Gasteiger charge is -2.34. The molecule has 0 spiro atoms. The molecule has 0 aliphatic heterocycles. The lowest BCUT2D eigenvalue weighted by atomic mass is 9.75. The molecule has 0 radical (unpaired) electrons. The first-order valence-electron chi connectivity index (χ1n) is 8.12. The monoisotopic (exact) mass is 283 g/mol. The molecule has 21 heavy (non-hydrogen) atoms. The highest BCUT2D eigenvalue weighted by molar-refractivity contribution is 5.85. The third kappa shape index (κ3) is 2.94. The van der Waals surface area contributed by atoms with Crippen molar-refractivity contribution in [1.29, 1.82) is 0 Å². The number of hydrogen-bond donors (Lipinski definition) is 2. The second-order valence-electron chi connectivity index (χ2n) is 6.28. The number of nitrogens with zero attached hydrogens (tertiary/aromatic N) is 1. The van der Waals surface area contributed by atoms with Gasteiger partial charge in [-0.15, -0.1) is 0 Å². The molecule has 1 unspecified atom stereocenters. The van der Waals surface area contributed by atoms with Gasteiger partial charge in [0.15, 0.2) is 0 Å². The summed E-state index contributed by atoms with van der Waals surface area (Å²) in [5, 5.41) is 2.46. The molecule has 3 heteroatoms. The Morgan fingerprint density at radius 3 is 2.76 bits per heavy atom. The van der Waals surface area contributed by atoms with E-state index in [1.807, 2.05) is 12.4 Å². The van der Waals surface area contributed by atoms with Gasteiger partial charge in [0.25, 0.3) is 0 Å². The van der Waals surface area contributed by atoms with Gasteiger partial charge in [0.1, 0.15) is 0 Å². The van der Waals surface area contributed by atoms with Crippen LogP contribution in [0.2, 0.25) is 0 Å². The van der Waals surface area contributed by atoms with E-state index in [1.54, 1.807) is 0 Å². The Kier molecular flexibility index (Phi) is 4.51. The summed E-state index contributed by atoms with van der Waals surface area (Å²) in [6.07, 6.45) is 10.3. The molecule has 1 heterocycles. The summed E-state index contributed by atoms with van der Waals surface area (Å²) < 4.78 is 0. The molecule has 3 nitrogen and oxygen atoms in total. The van der Waals surface area contributed by atoms with Crippen LogP contribution in [-0.2, 0) is 0 Å². The van der Waals surface area contributed by atoms with Gasteiger partial charge in [0.2, 0.25) is 0 Å². The Hall–Kier alpha value is -1.45. The van der Waals surface area contributed by atoms with Gasteiger partial charge in [-0.2, -0.15) is 0 Å². The molecule has 0 saturated heterocycles. The molecule has 2 aromatic rings. The predicted molar refractivity (Wildman–Crippen MR) is 87.5 cm³/mol. The van der Waals surface area contributed by atoms with Crippen molar-refractivity contribution in [3.8, 4) is 0 Å². The molecular formula is C18H25N3. The van der Waals surface area contributed by atoms with Crippen LogP contribution in [0.25, 0.3) is 10.8 Å². The fraction of sp³-hybridized carbons (Fsp3) is 0.500. The Labute approximate surface area is 126 Å². The van der Waals surface area contributed by atoms with E-state index < -0.39 is 0 Å². The van der Waals surface area contributed by atoms with Crippen LogP contribution >= 0.6 is 0 Å². The second kappa shape index (κ2) is 6.54. The van der Waals surface area contributed by atoms with Gasteiger partial charge < -0.3 is 0 Å². The zero-order valence-electron chi connectivity index (χ0n) is 12.8. The second-order valence-corrected chi connectivity index (χ2v) is 6.28. The third-order valence-electron chi connectivity index (χ3n) is 5.17. The van der Waals surface area contributed by atoms with Gasteiger partial charge in [-0.3, -0.25) is 16.3 Å². The van der Waals surface area contributed by atoms with Gasteiger partial charge in [0.05, 0.1) is 0 Å². The van der Waals surface area contributed by atoms with Crippen LogP contribution in [0.3, 0.4) is 0 Å². The normalized spacial score (nSPS) is 24.1. The van der Waals surface area contributed by atoms with Crippen LogP contribution in [0.5, 0.6) is 0 Å². The number of aromatic nitrogens is 1. The van der Waals surface area contributed by atoms with E-state index in [2.05, 4.69) is 41.6 Å². The average molecular weight is 283 g/mol. The number of fused-ring (bicyclic) bond motifs is 1. The highest BCUT2D eigenvalue weighted by Crippen LogP contribution is 2.39. The maximum atomic E-state index is 5.92. The molecule has 1 aliphatic rings. The van der Waals surface area contributed by atoms with Crippen LogP contribution in [0.4, 0.5) is 0 Å². The lowest BCUT2D eigenvalue weighted by molar-refractivity contribution is 0.220. The molecule has 1 aliphatic carbocycles. The van der Waals surface area contributed by atoms with E-state index >= 15 is 0 Å². The number of rotatable bonds is 4. The predicted octanol–water partition coefficient (Wildman–Crippen LogP) is 3.96. The summed E-state index contributed by atoms with van der Waals surface area (Å²) in [6, 6.07) is 8.76. The van der Waals surface area contributed by atoms with Gasteiger partial charge in [-0.1, -0.05) is 44.4 Å². The van der Waals surface area contributed by atoms with Crippen LogP contribution in [0, 0.1) is 11.8 Å². The first-order chi connectivity index (χ1) is 10.3. The van der Waals surface area contributed by atoms with Crippen molar-refractivity contribution < 1.29 is 0 Å². The van der Waals surface area contributed by atoms with Gasteiger partial charge in [-0.25, -0.2) is 0 Å². The van der Waals surface area contributed by atoms with E-state index in [-0.39, 0.29) is 6.04 Å². The minimum atomic E-state index is 0.232. The molecule has 0 amide bonds. The summed E-state index contributed by atoms with van der Waals surface area (Å²) in [5.41, 5.74) is 4.38.